The molecule has 2 amide bonds. The summed E-state index contributed by atoms with van der Waals surface area (Å²) in [5, 5.41) is 8.18. The SMILES string of the molecule is COc1ccc(C(=O)N/N=C/c2ccc(C=O)cc2)cc1-c1c(C)cc(C)c(-c2cc(C(=O)N/N=C/c3ccc(C=O)cc3)ccc2OC)c1C. The first-order valence-corrected chi connectivity index (χ1v) is 15.9. The van der Waals surface area contributed by atoms with Crippen molar-refractivity contribution in [3.63, 3.8) is 0 Å². The highest BCUT2D eigenvalue weighted by atomic mass is 16.5. The number of carbonyl (C=O) groups is 4. The number of nitrogens with zero attached hydrogens (tertiary/aromatic N) is 2. The lowest BCUT2D eigenvalue weighted by Crippen LogP contribution is -2.18. The molecule has 0 saturated heterocycles. The van der Waals surface area contributed by atoms with Gasteiger partial charge in [-0.1, -0.05) is 54.6 Å². The van der Waals surface area contributed by atoms with E-state index in [0.29, 0.717) is 44.9 Å². The fourth-order valence-electron chi connectivity index (χ4n) is 5.88. The third-order valence-corrected chi connectivity index (χ3v) is 8.34. The van der Waals surface area contributed by atoms with Crippen molar-refractivity contribution in [2.24, 2.45) is 10.2 Å². The molecular formula is C41H36N4O6. The number of ether oxygens (including phenoxy) is 2. The molecule has 0 saturated carbocycles. The zero-order chi connectivity index (χ0) is 36.5. The summed E-state index contributed by atoms with van der Waals surface area (Å²) in [6.07, 6.45) is 4.52. The largest absolute Gasteiger partial charge is 0.496 e. The molecule has 256 valence electrons. The van der Waals surface area contributed by atoms with Crippen LogP contribution in [0.4, 0.5) is 0 Å². The maximum atomic E-state index is 13.2. The minimum absolute atomic E-state index is 0.372. The lowest BCUT2D eigenvalue weighted by atomic mass is 9.85. The summed E-state index contributed by atoms with van der Waals surface area (Å²) < 4.78 is 11.5. The number of aryl methyl sites for hydroxylation is 2. The molecule has 5 rings (SSSR count). The molecule has 0 aliphatic carbocycles. The molecule has 0 atom stereocenters. The fourth-order valence-corrected chi connectivity index (χ4v) is 5.88. The Bertz CT molecular complexity index is 2020. The van der Waals surface area contributed by atoms with Crippen molar-refractivity contribution in [3.8, 4) is 33.8 Å². The minimum atomic E-state index is -0.414. The maximum Gasteiger partial charge on any atom is 0.271 e. The molecule has 0 unspecified atom stereocenters. The van der Waals surface area contributed by atoms with Crippen LogP contribution in [0.15, 0.2) is 101 Å². The van der Waals surface area contributed by atoms with Crippen LogP contribution < -0.4 is 20.3 Å². The van der Waals surface area contributed by atoms with Crippen LogP contribution in [-0.4, -0.2) is 51.0 Å². The summed E-state index contributed by atoms with van der Waals surface area (Å²) in [7, 11) is 3.15. The summed E-state index contributed by atoms with van der Waals surface area (Å²) in [6, 6.07) is 26.0. The number of carbonyl (C=O) groups excluding carboxylic acids is 4. The first-order chi connectivity index (χ1) is 24.7. The summed E-state index contributed by atoms with van der Waals surface area (Å²) in [4.78, 5) is 48.3. The lowest BCUT2D eigenvalue weighted by Gasteiger charge is -2.21. The van der Waals surface area contributed by atoms with Gasteiger partial charge in [0, 0.05) is 33.4 Å². The zero-order valence-electron chi connectivity index (χ0n) is 28.8. The Hall–Kier alpha value is -6.68. The molecule has 10 heteroatoms. The fraction of sp³-hybridized carbons (Fsp3) is 0.122. The maximum absolute atomic E-state index is 13.2. The Morgan fingerprint density at radius 3 is 1.27 bits per heavy atom. The summed E-state index contributed by atoms with van der Waals surface area (Å²) in [6.45, 7) is 5.98. The Morgan fingerprint density at radius 1 is 0.549 bits per heavy atom. The van der Waals surface area contributed by atoms with Gasteiger partial charge in [-0.2, -0.15) is 10.2 Å². The van der Waals surface area contributed by atoms with E-state index in [4.69, 9.17) is 9.47 Å². The number of hydrogen-bond acceptors (Lipinski definition) is 8. The van der Waals surface area contributed by atoms with E-state index in [-0.39, 0.29) is 0 Å². The van der Waals surface area contributed by atoms with E-state index < -0.39 is 11.8 Å². The Morgan fingerprint density at radius 2 is 0.922 bits per heavy atom. The Kier molecular flexibility index (Phi) is 11.3. The van der Waals surface area contributed by atoms with E-state index in [0.717, 1.165) is 51.5 Å². The van der Waals surface area contributed by atoms with E-state index in [9.17, 15) is 19.2 Å². The third-order valence-electron chi connectivity index (χ3n) is 8.34. The molecule has 51 heavy (non-hydrogen) atoms. The van der Waals surface area contributed by atoms with Gasteiger partial charge in [0.1, 0.15) is 24.1 Å². The highest BCUT2D eigenvalue weighted by Crippen LogP contribution is 2.43. The first kappa shape index (κ1) is 35.6. The van der Waals surface area contributed by atoms with Crippen molar-refractivity contribution < 1.29 is 28.7 Å². The van der Waals surface area contributed by atoms with E-state index in [1.54, 1.807) is 99.1 Å². The molecular weight excluding hydrogens is 644 g/mol. The van der Waals surface area contributed by atoms with Gasteiger partial charge in [-0.05, 0) is 96.1 Å². The van der Waals surface area contributed by atoms with Crippen molar-refractivity contribution in [2.45, 2.75) is 20.8 Å². The van der Waals surface area contributed by atoms with E-state index in [2.05, 4.69) is 27.1 Å². The summed E-state index contributed by atoms with van der Waals surface area (Å²) in [5.74, 6) is 0.321. The van der Waals surface area contributed by atoms with Crippen LogP contribution in [0.2, 0.25) is 0 Å². The zero-order valence-corrected chi connectivity index (χ0v) is 28.8. The number of benzene rings is 5. The van der Waals surface area contributed by atoms with Gasteiger partial charge in [0.15, 0.2) is 0 Å². The van der Waals surface area contributed by atoms with Crippen molar-refractivity contribution in [1.29, 1.82) is 0 Å². The molecule has 0 aromatic heterocycles. The second kappa shape index (κ2) is 16.1. The Balaban J connectivity index is 1.47. The van der Waals surface area contributed by atoms with Gasteiger partial charge in [-0.15, -0.1) is 0 Å². The van der Waals surface area contributed by atoms with Crippen LogP contribution in [0.5, 0.6) is 11.5 Å². The molecule has 2 N–H and O–H groups in total. The summed E-state index contributed by atoms with van der Waals surface area (Å²) in [5.41, 5.74) is 14.4. The molecule has 5 aromatic rings. The topological polar surface area (TPSA) is 136 Å². The van der Waals surface area contributed by atoms with Gasteiger partial charge in [-0.25, -0.2) is 10.9 Å². The minimum Gasteiger partial charge on any atom is -0.496 e. The molecule has 0 aliphatic rings. The lowest BCUT2D eigenvalue weighted by molar-refractivity contribution is 0.0947. The monoisotopic (exact) mass is 680 g/mol. The van der Waals surface area contributed by atoms with Gasteiger partial charge in [0.25, 0.3) is 11.8 Å². The van der Waals surface area contributed by atoms with Crippen LogP contribution in [0.1, 0.15) is 69.2 Å². The number of hydrazone groups is 2. The van der Waals surface area contributed by atoms with E-state index >= 15 is 0 Å². The number of rotatable bonds is 12. The van der Waals surface area contributed by atoms with Gasteiger partial charge < -0.3 is 9.47 Å². The second-order valence-corrected chi connectivity index (χ2v) is 11.7. The smallest absolute Gasteiger partial charge is 0.271 e. The molecule has 0 bridgehead atoms. The molecule has 0 radical (unpaired) electrons. The molecule has 0 fully saturated rings. The standard InChI is InChI=1S/C41H36N4O6/c1-25-18-26(2)39(35-20-33(15-17-37(35)51-5)41(49)45-43-22-29-8-12-31(24-47)13-9-29)27(3)38(25)34-19-32(14-16-36(34)50-4)40(48)44-42-21-28-6-10-30(23-46)11-7-28/h6-24H,1-5H3,(H,44,48)(H,45,49)/b42-21+,43-22+. The average molecular weight is 681 g/mol. The highest BCUT2D eigenvalue weighted by Gasteiger charge is 2.22. The van der Waals surface area contributed by atoms with Gasteiger partial charge >= 0.3 is 0 Å². The highest BCUT2D eigenvalue weighted by molar-refractivity contribution is 5.99. The van der Waals surface area contributed by atoms with E-state index in [1.807, 2.05) is 20.8 Å². The van der Waals surface area contributed by atoms with Crippen LogP contribution >= 0.6 is 0 Å². The van der Waals surface area contributed by atoms with Crippen molar-refractivity contribution >= 4 is 36.8 Å². The van der Waals surface area contributed by atoms with Crippen molar-refractivity contribution in [1.82, 2.24) is 10.9 Å². The number of nitrogens with one attached hydrogen (secondary N) is 2. The van der Waals surface area contributed by atoms with Gasteiger partial charge in [-0.3, -0.25) is 19.2 Å². The van der Waals surface area contributed by atoms with Gasteiger partial charge in [0.05, 0.1) is 26.6 Å². The number of amides is 2. The molecule has 5 aromatic carbocycles. The van der Waals surface area contributed by atoms with Gasteiger partial charge in [0.2, 0.25) is 0 Å². The van der Waals surface area contributed by atoms with Crippen LogP contribution in [0.25, 0.3) is 22.3 Å². The summed E-state index contributed by atoms with van der Waals surface area (Å²) >= 11 is 0. The van der Waals surface area contributed by atoms with Crippen molar-refractivity contribution in [2.75, 3.05) is 14.2 Å². The number of methoxy groups -OCH3 is 2. The molecule has 0 heterocycles. The molecule has 0 spiro atoms. The number of aldehydes is 2. The molecule has 0 aliphatic heterocycles. The predicted octanol–water partition coefficient (Wildman–Crippen LogP) is 7.12. The van der Waals surface area contributed by atoms with Crippen LogP contribution in [0.3, 0.4) is 0 Å². The normalized spacial score (nSPS) is 11.0. The second-order valence-electron chi connectivity index (χ2n) is 11.7. The third kappa shape index (κ3) is 8.14. The van der Waals surface area contributed by atoms with E-state index in [1.165, 1.54) is 12.4 Å². The number of hydrogen-bond donors (Lipinski definition) is 2. The first-order valence-electron chi connectivity index (χ1n) is 15.9. The average Bonchev–Trinajstić information content (AvgIpc) is 3.15. The quantitative estimate of drug-likeness (QED) is 0.0819. The Labute approximate surface area is 295 Å². The predicted molar refractivity (Wildman–Crippen MR) is 198 cm³/mol. The van der Waals surface area contributed by atoms with Crippen molar-refractivity contribution in [3.05, 3.63) is 141 Å². The van der Waals surface area contributed by atoms with Crippen LogP contribution in [-0.2, 0) is 0 Å². The molecule has 10 nitrogen and oxygen atoms in total. The van der Waals surface area contributed by atoms with Crippen LogP contribution in [0, 0.1) is 20.8 Å².